The van der Waals surface area contributed by atoms with E-state index in [9.17, 15) is 0 Å². The number of H-pyrrole nitrogens is 1. The Bertz CT molecular complexity index is 681. The Hall–Kier alpha value is -1.62. The van der Waals surface area contributed by atoms with E-state index in [0.29, 0.717) is 13.2 Å². The molecule has 1 unspecified atom stereocenters. The van der Waals surface area contributed by atoms with Crippen LogP contribution in [0.15, 0.2) is 23.6 Å². The van der Waals surface area contributed by atoms with Gasteiger partial charge in [0, 0.05) is 50.2 Å². The minimum absolute atomic E-state index is 0. The highest BCUT2D eigenvalue weighted by Crippen LogP contribution is 2.21. The zero-order valence-electron chi connectivity index (χ0n) is 14.2. The number of hydrogen-bond acceptors (Lipinski definition) is 4. The molecule has 3 heterocycles. The number of aliphatic imine (C=N–C) groups is 1. The van der Waals surface area contributed by atoms with E-state index in [1.54, 1.807) is 11.7 Å². The fourth-order valence-corrected chi connectivity index (χ4v) is 2.71. The van der Waals surface area contributed by atoms with Gasteiger partial charge in [-0.05, 0) is 6.92 Å². The lowest BCUT2D eigenvalue weighted by Gasteiger charge is -2.34. The van der Waals surface area contributed by atoms with Crippen LogP contribution in [0.3, 0.4) is 0 Å². The molecule has 24 heavy (non-hydrogen) atoms. The van der Waals surface area contributed by atoms with Crippen molar-refractivity contribution in [3.8, 4) is 0 Å². The fraction of sp³-hybridized carbons (Fsp3) is 0.533. The van der Waals surface area contributed by atoms with E-state index in [1.165, 1.54) is 0 Å². The van der Waals surface area contributed by atoms with E-state index in [2.05, 4.69) is 30.5 Å². The SMILES string of the molecule is CN=C(NCc1cn[nH]c1C)N1CCOC(c2cnn(C)c2)C1.I. The molecular formula is C15H24IN7O. The van der Waals surface area contributed by atoms with Crippen LogP contribution in [0.4, 0.5) is 0 Å². The van der Waals surface area contributed by atoms with Gasteiger partial charge in [0.15, 0.2) is 5.96 Å². The van der Waals surface area contributed by atoms with Gasteiger partial charge in [-0.15, -0.1) is 24.0 Å². The zero-order valence-corrected chi connectivity index (χ0v) is 16.5. The second-order valence-electron chi connectivity index (χ2n) is 5.67. The third-order valence-electron chi connectivity index (χ3n) is 4.05. The number of morpholine rings is 1. The summed E-state index contributed by atoms with van der Waals surface area (Å²) in [5.41, 5.74) is 3.31. The molecule has 132 valence electrons. The van der Waals surface area contributed by atoms with Crippen molar-refractivity contribution in [2.24, 2.45) is 12.0 Å². The summed E-state index contributed by atoms with van der Waals surface area (Å²) in [6.45, 7) is 4.96. The fourth-order valence-electron chi connectivity index (χ4n) is 2.71. The van der Waals surface area contributed by atoms with Crippen molar-refractivity contribution >= 4 is 29.9 Å². The predicted octanol–water partition coefficient (Wildman–Crippen LogP) is 1.22. The first-order valence-corrected chi connectivity index (χ1v) is 7.72. The Kier molecular flexibility index (Phi) is 6.60. The van der Waals surface area contributed by atoms with Gasteiger partial charge in [0.05, 0.1) is 25.5 Å². The summed E-state index contributed by atoms with van der Waals surface area (Å²) in [6.07, 6.45) is 5.72. The highest BCUT2D eigenvalue weighted by molar-refractivity contribution is 14.0. The summed E-state index contributed by atoms with van der Waals surface area (Å²) >= 11 is 0. The standard InChI is InChI=1S/C15H23N7O.HI/c1-11-12(7-18-20-11)6-17-15(16-2)22-4-5-23-14(10-22)13-8-19-21(3)9-13;/h7-9,14H,4-6,10H2,1-3H3,(H,16,17)(H,18,20);1H. The molecule has 1 aliphatic heterocycles. The molecule has 0 spiro atoms. The predicted molar refractivity (Wildman–Crippen MR) is 102 cm³/mol. The molecule has 1 saturated heterocycles. The van der Waals surface area contributed by atoms with E-state index in [-0.39, 0.29) is 30.1 Å². The van der Waals surface area contributed by atoms with Crippen molar-refractivity contribution in [3.63, 3.8) is 0 Å². The van der Waals surface area contributed by atoms with Gasteiger partial charge in [0.25, 0.3) is 0 Å². The molecule has 9 heteroatoms. The van der Waals surface area contributed by atoms with E-state index in [0.717, 1.165) is 35.9 Å². The zero-order chi connectivity index (χ0) is 16.2. The summed E-state index contributed by atoms with van der Waals surface area (Å²) in [4.78, 5) is 6.62. The first-order chi connectivity index (χ1) is 11.2. The molecule has 1 aliphatic rings. The Morgan fingerprint density at radius 3 is 2.96 bits per heavy atom. The van der Waals surface area contributed by atoms with E-state index in [1.807, 2.05) is 32.6 Å². The Balaban J connectivity index is 0.00000208. The van der Waals surface area contributed by atoms with Gasteiger partial charge in [0.1, 0.15) is 6.10 Å². The van der Waals surface area contributed by atoms with Gasteiger partial charge in [0.2, 0.25) is 0 Å². The molecule has 8 nitrogen and oxygen atoms in total. The molecule has 1 fully saturated rings. The third-order valence-corrected chi connectivity index (χ3v) is 4.05. The Morgan fingerprint density at radius 1 is 1.50 bits per heavy atom. The summed E-state index contributed by atoms with van der Waals surface area (Å²) in [5.74, 6) is 0.878. The molecule has 0 aliphatic carbocycles. The molecule has 0 aromatic carbocycles. The minimum Gasteiger partial charge on any atom is -0.370 e. The lowest BCUT2D eigenvalue weighted by molar-refractivity contribution is -0.00805. The molecule has 0 amide bonds. The normalized spacial score (nSPS) is 18.4. The van der Waals surface area contributed by atoms with Gasteiger partial charge >= 0.3 is 0 Å². The van der Waals surface area contributed by atoms with Crippen LogP contribution in [0, 0.1) is 6.92 Å². The van der Waals surface area contributed by atoms with Crippen molar-refractivity contribution in [2.75, 3.05) is 26.7 Å². The van der Waals surface area contributed by atoms with Crippen molar-refractivity contribution in [1.82, 2.24) is 30.2 Å². The molecule has 1 atom stereocenters. The van der Waals surface area contributed by atoms with Crippen LogP contribution in [0.25, 0.3) is 0 Å². The average Bonchev–Trinajstić information content (AvgIpc) is 3.17. The van der Waals surface area contributed by atoms with Gasteiger partial charge < -0.3 is 15.0 Å². The first-order valence-electron chi connectivity index (χ1n) is 7.72. The van der Waals surface area contributed by atoms with Crippen molar-refractivity contribution < 1.29 is 4.74 Å². The second kappa shape index (κ2) is 8.47. The molecule has 2 aromatic heterocycles. The van der Waals surface area contributed by atoms with Crippen LogP contribution in [0.2, 0.25) is 0 Å². The van der Waals surface area contributed by atoms with E-state index >= 15 is 0 Å². The van der Waals surface area contributed by atoms with Crippen LogP contribution in [0.1, 0.15) is 22.9 Å². The molecular weight excluding hydrogens is 421 g/mol. The average molecular weight is 445 g/mol. The summed E-state index contributed by atoms with van der Waals surface area (Å²) < 4.78 is 7.68. The molecule has 3 rings (SSSR count). The Labute approximate surface area is 158 Å². The monoisotopic (exact) mass is 445 g/mol. The van der Waals surface area contributed by atoms with Crippen LogP contribution >= 0.6 is 24.0 Å². The Morgan fingerprint density at radius 2 is 2.33 bits per heavy atom. The minimum atomic E-state index is 0. The number of ether oxygens (including phenoxy) is 1. The quantitative estimate of drug-likeness (QED) is 0.422. The number of rotatable bonds is 3. The number of aryl methyl sites for hydroxylation is 2. The molecule has 0 radical (unpaired) electrons. The highest BCUT2D eigenvalue weighted by Gasteiger charge is 2.25. The van der Waals surface area contributed by atoms with E-state index < -0.39 is 0 Å². The van der Waals surface area contributed by atoms with Crippen molar-refractivity contribution in [2.45, 2.75) is 19.6 Å². The van der Waals surface area contributed by atoms with Crippen LogP contribution in [-0.2, 0) is 18.3 Å². The molecule has 2 aromatic rings. The van der Waals surface area contributed by atoms with Crippen molar-refractivity contribution in [3.05, 3.63) is 35.4 Å². The summed E-state index contributed by atoms with van der Waals surface area (Å²) in [5, 5.41) is 14.6. The lowest BCUT2D eigenvalue weighted by Crippen LogP contribution is -2.47. The molecule has 0 bridgehead atoms. The number of nitrogens with one attached hydrogen (secondary N) is 2. The van der Waals surface area contributed by atoms with Gasteiger partial charge in [-0.25, -0.2) is 0 Å². The maximum absolute atomic E-state index is 5.88. The number of halogens is 1. The number of guanidine groups is 1. The van der Waals surface area contributed by atoms with Crippen LogP contribution in [-0.4, -0.2) is 57.6 Å². The summed E-state index contributed by atoms with van der Waals surface area (Å²) in [7, 11) is 3.72. The number of aromatic nitrogens is 4. The first kappa shape index (κ1) is 18.7. The number of aromatic amines is 1. The molecule has 0 saturated carbocycles. The number of nitrogens with zero attached hydrogens (tertiary/aromatic N) is 5. The maximum atomic E-state index is 5.88. The van der Waals surface area contributed by atoms with Gasteiger partial charge in [-0.3, -0.25) is 14.8 Å². The second-order valence-corrected chi connectivity index (χ2v) is 5.67. The highest BCUT2D eigenvalue weighted by atomic mass is 127. The van der Waals surface area contributed by atoms with Crippen LogP contribution in [0.5, 0.6) is 0 Å². The lowest BCUT2D eigenvalue weighted by atomic mass is 10.1. The number of hydrogen-bond donors (Lipinski definition) is 2. The third kappa shape index (κ3) is 4.26. The molecule has 2 N–H and O–H groups in total. The van der Waals surface area contributed by atoms with Gasteiger partial charge in [-0.2, -0.15) is 10.2 Å². The summed E-state index contributed by atoms with van der Waals surface area (Å²) in [6, 6.07) is 0. The smallest absolute Gasteiger partial charge is 0.194 e. The largest absolute Gasteiger partial charge is 0.370 e. The van der Waals surface area contributed by atoms with Gasteiger partial charge in [-0.1, -0.05) is 0 Å². The topological polar surface area (TPSA) is 83.4 Å². The van der Waals surface area contributed by atoms with Crippen LogP contribution < -0.4 is 5.32 Å². The van der Waals surface area contributed by atoms with E-state index in [4.69, 9.17) is 4.74 Å². The van der Waals surface area contributed by atoms with Crippen molar-refractivity contribution in [1.29, 1.82) is 0 Å². The maximum Gasteiger partial charge on any atom is 0.194 e.